The number of anilines is 2. The molecule has 2 heterocycles. The summed E-state index contributed by atoms with van der Waals surface area (Å²) in [6.45, 7) is 5.24. The van der Waals surface area contributed by atoms with Crippen LogP contribution in [0, 0.1) is 16.0 Å². The van der Waals surface area contributed by atoms with Gasteiger partial charge in [-0.15, -0.1) is 0 Å². The molecule has 1 saturated heterocycles. The molecule has 11 heteroatoms. The molecular formula is C28H36F3N5O3. The molecule has 1 N–H and O–H groups in total. The first-order chi connectivity index (χ1) is 18.7. The summed E-state index contributed by atoms with van der Waals surface area (Å²) in [7, 11) is 0. The van der Waals surface area contributed by atoms with Crippen LogP contribution in [0.3, 0.4) is 0 Å². The van der Waals surface area contributed by atoms with Gasteiger partial charge in [0.2, 0.25) is 5.88 Å². The number of hydrogen-bond donors (Lipinski definition) is 1. The summed E-state index contributed by atoms with van der Waals surface area (Å²) >= 11 is 0. The molecule has 0 radical (unpaired) electrons. The zero-order chi connectivity index (χ0) is 27.4. The Balaban J connectivity index is 1.10. The summed E-state index contributed by atoms with van der Waals surface area (Å²) in [5.41, 5.74) is -1.95. The van der Waals surface area contributed by atoms with Crippen LogP contribution < -0.4 is 15.0 Å². The number of aromatic nitrogens is 1. The molecule has 2 aromatic rings. The summed E-state index contributed by atoms with van der Waals surface area (Å²) in [4.78, 5) is 19.7. The number of hydrogen-bond acceptors (Lipinski definition) is 7. The van der Waals surface area contributed by atoms with Crippen molar-refractivity contribution in [2.75, 3.05) is 42.9 Å². The van der Waals surface area contributed by atoms with Crippen LogP contribution in [-0.2, 0) is 6.18 Å². The first kappa shape index (κ1) is 27.5. The summed E-state index contributed by atoms with van der Waals surface area (Å²) in [6, 6.07) is 8.91. The van der Waals surface area contributed by atoms with Gasteiger partial charge in [0.25, 0.3) is 5.69 Å². The second kappa shape index (κ2) is 12.0. The zero-order valence-corrected chi connectivity index (χ0v) is 22.0. The molecule has 0 bridgehead atoms. The van der Waals surface area contributed by atoms with Crippen LogP contribution in [0.1, 0.15) is 56.9 Å². The van der Waals surface area contributed by atoms with E-state index in [1.165, 1.54) is 38.3 Å². The van der Waals surface area contributed by atoms with E-state index in [4.69, 9.17) is 9.72 Å². The number of nitrogens with zero attached hydrogens (tertiary/aromatic N) is 4. The van der Waals surface area contributed by atoms with Crippen molar-refractivity contribution in [3.8, 4) is 5.88 Å². The van der Waals surface area contributed by atoms with Crippen LogP contribution >= 0.6 is 0 Å². The molecule has 8 nitrogen and oxygen atoms in total. The molecule has 3 aliphatic rings. The van der Waals surface area contributed by atoms with Crippen LogP contribution in [0.2, 0.25) is 0 Å². The van der Waals surface area contributed by atoms with Gasteiger partial charge in [0, 0.05) is 56.6 Å². The summed E-state index contributed by atoms with van der Waals surface area (Å²) in [5, 5.41) is 14.1. The number of rotatable bonds is 8. The quantitative estimate of drug-likeness (QED) is 0.315. The Morgan fingerprint density at radius 3 is 2.38 bits per heavy atom. The van der Waals surface area contributed by atoms with Crippen molar-refractivity contribution in [2.45, 2.75) is 69.7 Å². The topological polar surface area (TPSA) is 83.8 Å². The largest absolute Gasteiger partial charge is 0.474 e. The standard InChI is InChI=1S/C28H36F3N5O3/c29-28(30,31)24-18-22(10-13-25(24)36(37)38)32-21-8-11-23(12-9-21)39-27-7-3-6-26(33-27)35-16-14-34(15-17-35)19-20-4-1-2-5-20/h3,6-7,10,13,18,20-21,23,32H,1-2,4-5,8-9,11-12,14-17,19H2. The fourth-order valence-electron chi connectivity index (χ4n) is 6.11. The number of pyridine rings is 1. The zero-order valence-electron chi connectivity index (χ0n) is 22.0. The van der Waals surface area contributed by atoms with E-state index in [2.05, 4.69) is 15.1 Å². The first-order valence-corrected chi connectivity index (χ1v) is 14.0. The third-order valence-electron chi connectivity index (χ3n) is 8.23. The maximum Gasteiger partial charge on any atom is 0.423 e. The van der Waals surface area contributed by atoms with Crippen molar-refractivity contribution < 1.29 is 22.8 Å². The van der Waals surface area contributed by atoms with Gasteiger partial charge in [-0.25, -0.2) is 0 Å². The van der Waals surface area contributed by atoms with Crippen molar-refractivity contribution in [1.82, 2.24) is 9.88 Å². The molecule has 3 fully saturated rings. The highest BCUT2D eigenvalue weighted by atomic mass is 19.4. The number of ether oxygens (including phenoxy) is 1. The Morgan fingerprint density at radius 1 is 1.00 bits per heavy atom. The highest BCUT2D eigenvalue weighted by molar-refractivity contribution is 5.55. The maximum absolute atomic E-state index is 13.3. The van der Waals surface area contributed by atoms with E-state index < -0.39 is 22.4 Å². The Morgan fingerprint density at radius 2 is 1.72 bits per heavy atom. The molecule has 5 rings (SSSR count). The number of halogens is 3. The Labute approximate surface area is 226 Å². The van der Waals surface area contributed by atoms with E-state index in [-0.39, 0.29) is 17.8 Å². The third kappa shape index (κ3) is 7.12. The first-order valence-electron chi connectivity index (χ1n) is 14.0. The van der Waals surface area contributed by atoms with Crippen molar-refractivity contribution in [3.05, 3.63) is 52.1 Å². The fourth-order valence-corrected chi connectivity index (χ4v) is 6.11. The summed E-state index contributed by atoms with van der Waals surface area (Å²) in [5.74, 6) is 2.40. The van der Waals surface area contributed by atoms with Crippen molar-refractivity contribution >= 4 is 17.2 Å². The molecule has 212 valence electrons. The lowest BCUT2D eigenvalue weighted by atomic mass is 9.92. The Kier molecular flexibility index (Phi) is 8.44. The van der Waals surface area contributed by atoms with E-state index in [1.807, 2.05) is 18.2 Å². The second-order valence-electron chi connectivity index (χ2n) is 11.0. The average molecular weight is 548 g/mol. The monoisotopic (exact) mass is 547 g/mol. The number of alkyl halides is 3. The molecule has 2 aliphatic carbocycles. The average Bonchev–Trinajstić information content (AvgIpc) is 3.43. The second-order valence-corrected chi connectivity index (χ2v) is 11.0. The van der Waals surface area contributed by atoms with Crippen LogP contribution in [0.4, 0.5) is 30.4 Å². The van der Waals surface area contributed by atoms with Crippen LogP contribution in [-0.4, -0.2) is 59.7 Å². The maximum atomic E-state index is 13.3. The molecule has 39 heavy (non-hydrogen) atoms. The number of piperazine rings is 1. The highest BCUT2D eigenvalue weighted by Crippen LogP contribution is 2.38. The van der Waals surface area contributed by atoms with E-state index in [0.29, 0.717) is 18.7 Å². The minimum atomic E-state index is -4.80. The van der Waals surface area contributed by atoms with E-state index in [1.54, 1.807) is 0 Å². The van der Waals surface area contributed by atoms with E-state index >= 15 is 0 Å². The van der Waals surface area contributed by atoms with E-state index in [0.717, 1.165) is 62.9 Å². The van der Waals surface area contributed by atoms with Gasteiger partial charge < -0.3 is 15.0 Å². The normalized spacial score (nSPS) is 23.1. The highest BCUT2D eigenvalue weighted by Gasteiger charge is 2.38. The predicted molar refractivity (Wildman–Crippen MR) is 143 cm³/mol. The molecule has 0 unspecified atom stereocenters. The number of nitro benzene ring substituents is 1. The molecule has 1 aromatic heterocycles. The van der Waals surface area contributed by atoms with Gasteiger partial charge in [0.1, 0.15) is 17.5 Å². The molecule has 0 spiro atoms. The van der Waals surface area contributed by atoms with Gasteiger partial charge in [0.15, 0.2) is 0 Å². The molecule has 0 atom stereocenters. The van der Waals surface area contributed by atoms with Crippen LogP contribution in [0.25, 0.3) is 0 Å². The lowest BCUT2D eigenvalue weighted by molar-refractivity contribution is -0.388. The summed E-state index contributed by atoms with van der Waals surface area (Å²) < 4.78 is 46.1. The van der Waals surface area contributed by atoms with Gasteiger partial charge in [-0.3, -0.25) is 15.0 Å². The van der Waals surface area contributed by atoms with Gasteiger partial charge in [-0.1, -0.05) is 18.9 Å². The Hall–Kier alpha value is -3.08. The molecule has 1 aromatic carbocycles. The van der Waals surface area contributed by atoms with Gasteiger partial charge in [-0.05, 0) is 62.6 Å². The SMILES string of the molecule is O=[N+]([O-])c1ccc(NC2CCC(Oc3cccc(N4CCN(CC5CCCC5)CC4)n3)CC2)cc1C(F)(F)F. The van der Waals surface area contributed by atoms with Crippen molar-refractivity contribution in [1.29, 1.82) is 0 Å². The minimum absolute atomic E-state index is 0.0170. The Bertz CT molecular complexity index is 1130. The summed E-state index contributed by atoms with van der Waals surface area (Å²) in [6.07, 6.45) is 3.59. The van der Waals surface area contributed by atoms with Gasteiger partial charge in [0.05, 0.1) is 4.92 Å². The molecule has 2 saturated carbocycles. The van der Waals surface area contributed by atoms with Gasteiger partial charge in [-0.2, -0.15) is 18.2 Å². The number of nitrogens with one attached hydrogen (secondary N) is 1. The lowest BCUT2D eigenvalue weighted by Gasteiger charge is -2.36. The smallest absolute Gasteiger partial charge is 0.423 e. The van der Waals surface area contributed by atoms with Crippen LogP contribution in [0.5, 0.6) is 5.88 Å². The van der Waals surface area contributed by atoms with Crippen molar-refractivity contribution in [3.63, 3.8) is 0 Å². The van der Waals surface area contributed by atoms with Crippen molar-refractivity contribution in [2.24, 2.45) is 5.92 Å². The van der Waals surface area contributed by atoms with Gasteiger partial charge >= 0.3 is 6.18 Å². The molecule has 1 aliphatic heterocycles. The fraction of sp³-hybridized carbons (Fsp3) is 0.607. The van der Waals surface area contributed by atoms with E-state index in [9.17, 15) is 23.3 Å². The predicted octanol–water partition coefficient (Wildman–Crippen LogP) is 6.12. The number of benzene rings is 1. The lowest BCUT2D eigenvalue weighted by Crippen LogP contribution is -2.47. The third-order valence-corrected chi connectivity index (χ3v) is 8.23. The van der Waals surface area contributed by atoms with Crippen LogP contribution in [0.15, 0.2) is 36.4 Å². The minimum Gasteiger partial charge on any atom is -0.474 e. The number of nitro groups is 1. The molecule has 0 amide bonds. The molecular weight excluding hydrogens is 511 g/mol.